The lowest BCUT2D eigenvalue weighted by molar-refractivity contribution is -0.139. The zero-order chi connectivity index (χ0) is 27.9. The number of aryl methyl sites for hydroxylation is 2. The highest BCUT2D eigenvalue weighted by Gasteiger charge is 2.24. The minimum atomic E-state index is -1.15. The van der Waals surface area contributed by atoms with Gasteiger partial charge in [0.2, 0.25) is 0 Å². The fourth-order valence-corrected chi connectivity index (χ4v) is 4.29. The van der Waals surface area contributed by atoms with Crippen LogP contribution in [0, 0.1) is 12.7 Å². The van der Waals surface area contributed by atoms with Gasteiger partial charge < -0.3 is 20.5 Å². The van der Waals surface area contributed by atoms with E-state index in [0.29, 0.717) is 41.2 Å². The number of carbonyl (C=O) groups excluding carboxylic acids is 1. The molecular formula is C29H30FN5O4. The number of amides is 1. The van der Waals surface area contributed by atoms with E-state index in [0.717, 1.165) is 16.8 Å². The number of methoxy groups -OCH3 is 1. The van der Waals surface area contributed by atoms with E-state index in [1.54, 1.807) is 55.4 Å². The molecule has 9 nitrogen and oxygen atoms in total. The van der Waals surface area contributed by atoms with E-state index in [-0.39, 0.29) is 6.42 Å². The van der Waals surface area contributed by atoms with Crippen molar-refractivity contribution in [1.29, 1.82) is 0 Å². The van der Waals surface area contributed by atoms with Gasteiger partial charge in [-0.2, -0.15) is 5.10 Å². The maximum Gasteiger partial charge on any atom is 0.326 e. The summed E-state index contributed by atoms with van der Waals surface area (Å²) in [5, 5.41) is 20.0. The van der Waals surface area contributed by atoms with E-state index in [9.17, 15) is 19.1 Å². The van der Waals surface area contributed by atoms with Crippen LogP contribution in [0.4, 0.5) is 10.2 Å². The molecule has 0 aliphatic heterocycles. The van der Waals surface area contributed by atoms with E-state index in [1.165, 1.54) is 12.1 Å². The van der Waals surface area contributed by atoms with Gasteiger partial charge in [-0.3, -0.25) is 4.79 Å². The van der Waals surface area contributed by atoms with Crippen molar-refractivity contribution in [3.8, 4) is 11.4 Å². The highest BCUT2D eigenvalue weighted by Crippen LogP contribution is 2.19. The number of ether oxygens (including phenoxy) is 1. The molecule has 39 heavy (non-hydrogen) atoms. The van der Waals surface area contributed by atoms with Crippen LogP contribution in [0.3, 0.4) is 0 Å². The number of nitrogens with one attached hydrogen (secondary N) is 2. The second-order valence-electron chi connectivity index (χ2n) is 9.07. The van der Waals surface area contributed by atoms with Gasteiger partial charge in [0.15, 0.2) is 0 Å². The molecule has 0 saturated heterocycles. The van der Waals surface area contributed by atoms with Crippen molar-refractivity contribution in [1.82, 2.24) is 20.1 Å². The second-order valence-corrected chi connectivity index (χ2v) is 9.07. The molecule has 202 valence electrons. The molecular weight excluding hydrogens is 501 g/mol. The molecule has 0 saturated carbocycles. The average Bonchev–Trinajstić information content (AvgIpc) is 3.40. The van der Waals surface area contributed by atoms with Gasteiger partial charge in [0.25, 0.3) is 5.91 Å². The fraction of sp³-hybridized carbons (Fsp3) is 0.241. The number of hydrogen-bond acceptors (Lipinski definition) is 6. The van der Waals surface area contributed by atoms with Crippen molar-refractivity contribution in [2.75, 3.05) is 12.4 Å². The third-order valence-corrected chi connectivity index (χ3v) is 6.31. The summed E-state index contributed by atoms with van der Waals surface area (Å²) < 4.78 is 20.7. The van der Waals surface area contributed by atoms with E-state index >= 15 is 0 Å². The quantitative estimate of drug-likeness (QED) is 0.264. The summed E-state index contributed by atoms with van der Waals surface area (Å²) in [6.07, 6.45) is 5.84. The number of hydrogen-bond donors (Lipinski definition) is 3. The number of carboxylic acids is 1. The zero-order valence-corrected chi connectivity index (χ0v) is 21.9. The molecule has 0 spiro atoms. The number of benzene rings is 2. The van der Waals surface area contributed by atoms with Gasteiger partial charge in [-0.15, -0.1) is 0 Å². The van der Waals surface area contributed by atoms with Gasteiger partial charge >= 0.3 is 5.97 Å². The molecule has 4 aromatic rings. The molecule has 1 amide bonds. The first-order valence-corrected chi connectivity index (χ1v) is 12.5. The Morgan fingerprint density at radius 3 is 2.59 bits per heavy atom. The standard InChI is InChI=1S/C29H30FN5O4/c1-4-21-13-22(30)11-18(2)27(21)28(36)34-25(29(37)38)12-19-5-7-23(8-6-19)35-17-20(16-33-35)15-32-26-14-24(39-3)9-10-31-26/h5-11,13-14,16-17,25H,4,12,15H2,1-3H3,(H,31,32)(H,34,36)(H,37,38). The average molecular weight is 532 g/mol. The van der Waals surface area contributed by atoms with E-state index in [4.69, 9.17) is 4.74 Å². The normalized spacial score (nSPS) is 11.6. The fourth-order valence-electron chi connectivity index (χ4n) is 4.29. The maximum atomic E-state index is 13.8. The summed E-state index contributed by atoms with van der Waals surface area (Å²) in [7, 11) is 1.60. The first-order chi connectivity index (χ1) is 18.8. The molecule has 2 aromatic heterocycles. The van der Waals surface area contributed by atoms with Crippen LogP contribution in [0.15, 0.2) is 67.1 Å². The molecule has 2 heterocycles. The number of carbonyl (C=O) groups is 2. The molecule has 1 unspecified atom stereocenters. The number of halogens is 1. The molecule has 0 fully saturated rings. The summed E-state index contributed by atoms with van der Waals surface area (Å²) in [5.41, 5.74) is 3.79. The Morgan fingerprint density at radius 1 is 1.13 bits per heavy atom. The first kappa shape index (κ1) is 27.3. The van der Waals surface area contributed by atoms with Crippen molar-refractivity contribution in [3.05, 3.63) is 101 Å². The predicted molar refractivity (Wildman–Crippen MR) is 145 cm³/mol. The monoisotopic (exact) mass is 531 g/mol. The number of aromatic nitrogens is 3. The number of rotatable bonds is 11. The van der Waals surface area contributed by atoms with Gasteiger partial charge in [0.1, 0.15) is 23.4 Å². The van der Waals surface area contributed by atoms with Crippen LogP contribution in [0.1, 0.15) is 39.5 Å². The van der Waals surface area contributed by atoms with Crippen LogP contribution < -0.4 is 15.4 Å². The van der Waals surface area contributed by atoms with Gasteiger partial charge in [0.05, 0.1) is 19.0 Å². The van der Waals surface area contributed by atoms with Crippen molar-refractivity contribution in [2.24, 2.45) is 0 Å². The largest absolute Gasteiger partial charge is 0.497 e. The van der Waals surface area contributed by atoms with E-state index in [2.05, 4.69) is 20.7 Å². The van der Waals surface area contributed by atoms with Crippen LogP contribution in [-0.2, 0) is 24.2 Å². The van der Waals surface area contributed by atoms with E-state index < -0.39 is 23.7 Å². The number of carboxylic acid groups (broad SMARTS) is 1. The Bertz CT molecular complexity index is 1470. The van der Waals surface area contributed by atoms with Crippen molar-refractivity contribution in [2.45, 2.75) is 39.3 Å². The zero-order valence-electron chi connectivity index (χ0n) is 21.9. The summed E-state index contributed by atoms with van der Waals surface area (Å²) in [4.78, 5) is 29.2. The van der Waals surface area contributed by atoms with Gasteiger partial charge in [0, 0.05) is 42.6 Å². The van der Waals surface area contributed by atoms with Crippen LogP contribution in [0.5, 0.6) is 5.75 Å². The van der Waals surface area contributed by atoms with Crippen molar-refractivity contribution in [3.63, 3.8) is 0 Å². The molecule has 1 atom stereocenters. The molecule has 0 bridgehead atoms. The highest BCUT2D eigenvalue weighted by atomic mass is 19.1. The Kier molecular flexibility index (Phi) is 8.55. The van der Waals surface area contributed by atoms with Gasteiger partial charge in [-0.1, -0.05) is 19.1 Å². The number of pyridine rings is 1. The molecule has 10 heteroatoms. The van der Waals surface area contributed by atoms with Crippen molar-refractivity contribution >= 4 is 17.7 Å². The lowest BCUT2D eigenvalue weighted by Gasteiger charge is -2.18. The highest BCUT2D eigenvalue weighted by molar-refractivity contribution is 5.99. The van der Waals surface area contributed by atoms with Crippen molar-refractivity contribution < 1.29 is 23.8 Å². The number of anilines is 1. The Morgan fingerprint density at radius 2 is 1.90 bits per heavy atom. The van der Waals surface area contributed by atoms with Gasteiger partial charge in [-0.05, 0) is 60.4 Å². The molecule has 0 radical (unpaired) electrons. The smallest absolute Gasteiger partial charge is 0.326 e. The summed E-state index contributed by atoms with van der Waals surface area (Å²) >= 11 is 0. The maximum absolute atomic E-state index is 13.8. The minimum Gasteiger partial charge on any atom is -0.497 e. The summed E-state index contributed by atoms with van der Waals surface area (Å²) in [6.45, 7) is 3.97. The lowest BCUT2D eigenvalue weighted by atomic mass is 9.98. The predicted octanol–water partition coefficient (Wildman–Crippen LogP) is 4.32. The van der Waals surface area contributed by atoms with Crippen LogP contribution in [0.2, 0.25) is 0 Å². The third kappa shape index (κ3) is 6.78. The van der Waals surface area contributed by atoms with Crippen LogP contribution in [-0.4, -0.2) is 44.9 Å². The summed E-state index contributed by atoms with van der Waals surface area (Å²) in [6, 6.07) is 12.3. The first-order valence-electron chi connectivity index (χ1n) is 12.5. The van der Waals surface area contributed by atoms with E-state index in [1.807, 2.05) is 25.3 Å². The Hall–Kier alpha value is -4.73. The Balaban J connectivity index is 1.40. The van der Waals surface area contributed by atoms with Crippen LogP contribution >= 0.6 is 0 Å². The summed E-state index contributed by atoms with van der Waals surface area (Å²) in [5.74, 6) is -0.711. The SMILES string of the molecule is CCc1cc(F)cc(C)c1C(=O)NC(Cc1ccc(-n2cc(CNc3cc(OC)ccn3)cn2)cc1)C(=O)O. The third-order valence-electron chi connectivity index (χ3n) is 6.31. The number of nitrogens with zero attached hydrogens (tertiary/aromatic N) is 3. The minimum absolute atomic E-state index is 0.0882. The molecule has 4 rings (SSSR count). The molecule has 2 aromatic carbocycles. The van der Waals surface area contributed by atoms with Crippen LogP contribution in [0.25, 0.3) is 5.69 Å². The molecule has 0 aliphatic carbocycles. The van der Waals surface area contributed by atoms with Gasteiger partial charge in [-0.25, -0.2) is 18.9 Å². The molecule has 3 N–H and O–H groups in total. The lowest BCUT2D eigenvalue weighted by Crippen LogP contribution is -2.42. The topological polar surface area (TPSA) is 118 Å². The molecule has 0 aliphatic rings. The Labute approximate surface area is 225 Å². The number of aliphatic carboxylic acids is 1. The second kappa shape index (κ2) is 12.2.